The van der Waals surface area contributed by atoms with E-state index in [2.05, 4.69) is 36.4 Å². The summed E-state index contributed by atoms with van der Waals surface area (Å²) in [5.41, 5.74) is 10.5. The Labute approximate surface area is 154 Å². The third-order valence-electron chi connectivity index (χ3n) is 5.85. The lowest BCUT2D eigenvalue weighted by Gasteiger charge is -2.44. The second-order valence-corrected chi connectivity index (χ2v) is 7.42. The average molecular weight is 342 g/mol. The third kappa shape index (κ3) is 2.33. The van der Waals surface area contributed by atoms with Gasteiger partial charge in [-0.1, -0.05) is 23.8 Å². The number of hydrogen-bond donors (Lipinski definition) is 1. The molecular formula is C22H22N4. The molecule has 0 saturated heterocycles. The molecule has 0 aromatic heterocycles. The summed E-state index contributed by atoms with van der Waals surface area (Å²) in [7, 11) is 0. The average Bonchev–Trinajstić information content (AvgIpc) is 2.61. The zero-order valence-electron chi connectivity index (χ0n) is 15.4. The number of nitrogens with two attached hydrogens (primary N) is 1. The third-order valence-corrected chi connectivity index (χ3v) is 5.85. The van der Waals surface area contributed by atoms with Crippen LogP contribution >= 0.6 is 0 Å². The van der Waals surface area contributed by atoms with Gasteiger partial charge in [0.2, 0.25) is 0 Å². The van der Waals surface area contributed by atoms with Gasteiger partial charge in [-0.15, -0.1) is 0 Å². The fraction of sp³-hybridized carbons (Fsp3) is 0.409. The Hall–Kier alpha value is -3.03. The van der Waals surface area contributed by atoms with Crippen LogP contribution in [0.4, 0.5) is 0 Å². The van der Waals surface area contributed by atoms with Gasteiger partial charge < -0.3 is 5.73 Å². The molecule has 1 aromatic rings. The van der Waals surface area contributed by atoms with Crippen molar-refractivity contribution in [2.75, 3.05) is 0 Å². The van der Waals surface area contributed by atoms with Crippen molar-refractivity contribution in [2.24, 2.45) is 17.1 Å². The highest BCUT2D eigenvalue weighted by Gasteiger charge is 2.54. The summed E-state index contributed by atoms with van der Waals surface area (Å²) in [4.78, 5) is 0. The van der Waals surface area contributed by atoms with Gasteiger partial charge in [0.1, 0.15) is 6.07 Å². The molecule has 1 aromatic carbocycles. The Kier molecular flexibility index (Phi) is 4.35. The fourth-order valence-electron chi connectivity index (χ4n) is 4.87. The van der Waals surface area contributed by atoms with Crippen LogP contribution in [-0.2, 0) is 0 Å². The molecule has 2 atom stereocenters. The highest BCUT2D eigenvalue weighted by atomic mass is 14.7. The van der Waals surface area contributed by atoms with Crippen molar-refractivity contribution < 1.29 is 0 Å². The minimum atomic E-state index is -1.52. The van der Waals surface area contributed by atoms with E-state index < -0.39 is 5.41 Å². The zero-order valence-corrected chi connectivity index (χ0v) is 15.4. The lowest BCUT2D eigenvalue weighted by molar-refractivity contribution is 0.315. The molecule has 0 aliphatic heterocycles. The van der Waals surface area contributed by atoms with Crippen LogP contribution in [0.25, 0.3) is 0 Å². The number of allylic oxidation sites excluding steroid dienone is 4. The van der Waals surface area contributed by atoms with Gasteiger partial charge in [-0.3, -0.25) is 0 Å². The zero-order chi connectivity index (χ0) is 19.1. The second kappa shape index (κ2) is 6.36. The Morgan fingerprint density at radius 2 is 1.69 bits per heavy atom. The van der Waals surface area contributed by atoms with Crippen LogP contribution in [0.15, 0.2) is 35.1 Å². The maximum absolute atomic E-state index is 10.1. The van der Waals surface area contributed by atoms with Gasteiger partial charge in [-0.05, 0) is 68.2 Å². The van der Waals surface area contributed by atoms with Crippen LogP contribution in [-0.4, -0.2) is 0 Å². The first-order valence-electron chi connectivity index (χ1n) is 8.92. The van der Waals surface area contributed by atoms with Crippen LogP contribution in [0.5, 0.6) is 0 Å². The first-order valence-corrected chi connectivity index (χ1v) is 8.92. The summed E-state index contributed by atoms with van der Waals surface area (Å²) in [6, 6.07) is 10.8. The van der Waals surface area contributed by atoms with Crippen molar-refractivity contribution in [2.45, 2.75) is 46.0 Å². The molecule has 0 fully saturated rings. The van der Waals surface area contributed by atoms with E-state index in [1.54, 1.807) is 0 Å². The van der Waals surface area contributed by atoms with Crippen LogP contribution in [0.1, 0.15) is 47.4 Å². The quantitative estimate of drug-likeness (QED) is 0.826. The van der Waals surface area contributed by atoms with E-state index in [0.29, 0.717) is 5.57 Å². The van der Waals surface area contributed by atoms with Gasteiger partial charge >= 0.3 is 0 Å². The number of benzene rings is 1. The van der Waals surface area contributed by atoms with E-state index in [9.17, 15) is 15.8 Å². The van der Waals surface area contributed by atoms with Crippen molar-refractivity contribution >= 4 is 0 Å². The Morgan fingerprint density at radius 1 is 1.08 bits per heavy atom. The minimum Gasteiger partial charge on any atom is -0.399 e. The molecule has 0 spiro atoms. The predicted octanol–water partition coefficient (Wildman–Crippen LogP) is 4.21. The summed E-state index contributed by atoms with van der Waals surface area (Å²) in [5, 5.41) is 29.8. The van der Waals surface area contributed by atoms with Crippen molar-refractivity contribution in [3.05, 3.63) is 57.3 Å². The number of rotatable bonds is 1. The number of nitriles is 3. The molecule has 0 bridgehead atoms. The van der Waals surface area contributed by atoms with E-state index in [1.165, 1.54) is 0 Å². The van der Waals surface area contributed by atoms with E-state index in [4.69, 9.17) is 5.73 Å². The molecule has 3 rings (SSSR count). The Morgan fingerprint density at radius 3 is 2.23 bits per heavy atom. The molecule has 0 amide bonds. The van der Waals surface area contributed by atoms with Crippen molar-refractivity contribution in [1.82, 2.24) is 0 Å². The predicted molar refractivity (Wildman–Crippen MR) is 99.3 cm³/mol. The first kappa shape index (κ1) is 17.8. The van der Waals surface area contributed by atoms with Crippen LogP contribution in [0.3, 0.4) is 0 Å². The van der Waals surface area contributed by atoms with E-state index in [-0.39, 0.29) is 17.5 Å². The van der Waals surface area contributed by atoms with Crippen LogP contribution < -0.4 is 5.73 Å². The second-order valence-electron chi connectivity index (χ2n) is 7.42. The molecule has 130 valence electrons. The topological polar surface area (TPSA) is 97.4 Å². The highest BCUT2D eigenvalue weighted by Crippen LogP contribution is 2.56. The summed E-state index contributed by atoms with van der Waals surface area (Å²) >= 11 is 0. The molecular weight excluding hydrogens is 320 g/mol. The fourth-order valence-corrected chi connectivity index (χ4v) is 4.87. The summed E-state index contributed by atoms with van der Waals surface area (Å²) in [6.45, 7) is 6.10. The van der Waals surface area contributed by atoms with E-state index in [0.717, 1.165) is 47.1 Å². The van der Waals surface area contributed by atoms with Crippen molar-refractivity contribution in [1.29, 1.82) is 15.8 Å². The molecule has 2 aliphatic rings. The van der Waals surface area contributed by atoms with Crippen molar-refractivity contribution in [3.8, 4) is 18.2 Å². The van der Waals surface area contributed by atoms with Gasteiger partial charge in [0.25, 0.3) is 0 Å². The van der Waals surface area contributed by atoms with Crippen LogP contribution in [0, 0.1) is 66.1 Å². The molecule has 2 aliphatic carbocycles. The van der Waals surface area contributed by atoms with Gasteiger partial charge in [-0.25, -0.2) is 0 Å². The number of fused-ring (bicyclic) bond motifs is 1. The molecule has 4 heteroatoms. The molecule has 0 unspecified atom stereocenters. The molecule has 2 N–H and O–H groups in total. The maximum Gasteiger partial charge on any atom is 0.191 e. The first-order chi connectivity index (χ1) is 12.4. The minimum absolute atomic E-state index is 0.0369. The van der Waals surface area contributed by atoms with E-state index in [1.807, 2.05) is 20.8 Å². The monoisotopic (exact) mass is 342 g/mol. The van der Waals surface area contributed by atoms with Crippen molar-refractivity contribution in [3.63, 3.8) is 0 Å². The number of nitrogens with zero attached hydrogens (tertiary/aromatic N) is 3. The highest BCUT2D eigenvalue weighted by molar-refractivity contribution is 5.60. The standard InChI is InChI=1S/C22H22N4/c1-13-8-14(2)19(15(3)9-13)20-17-7-5-4-6-16(17)18(10-23)21(26)22(20,11-24)12-25/h6,8-9,17,20H,4-5,7,26H2,1-3H3/t17-,20+/m0/s1. The smallest absolute Gasteiger partial charge is 0.191 e. The summed E-state index contributed by atoms with van der Waals surface area (Å²) < 4.78 is 0. The Bertz CT molecular complexity index is 922. The normalized spacial score (nSPS) is 23.9. The lowest BCUT2D eigenvalue weighted by atomic mass is 9.56. The summed E-state index contributed by atoms with van der Waals surface area (Å²) in [6.07, 6.45) is 4.81. The molecule has 4 nitrogen and oxygen atoms in total. The maximum atomic E-state index is 10.1. The van der Waals surface area contributed by atoms with Crippen LogP contribution in [0.2, 0.25) is 0 Å². The number of hydrogen-bond acceptors (Lipinski definition) is 4. The summed E-state index contributed by atoms with van der Waals surface area (Å²) in [5.74, 6) is -0.396. The lowest BCUT2D eigenvalue weighted by Crippen LogP contribution is -2.43. The van der Waals surface area contributed by atoms with Gasteiger partial charge in [-0.2, -0.15) is 15.8 Å². The number of aryl methyl sites for hydroxylation is 3. The molecule has 0 radical (unpaired) electrons. The molecule has 0 heterocycles. The molecule has 0 saturated carbocycles. The van der Waals surface area contributed by atoms with Gasteiger partial charge in [0, 0.05) is 5.92 Å². The van der Waals surface area contributed by atoms with E-state index >= 15 is 0 Å². The molecule has 26 heavy (non-hydrogen) atoms. The largest absolute Gasteiger partial charge is 0.399 e. The SMILES string of the molecule is Cc1cc(C)c([C@H]2[C@H]3CCCC=C3C(C#N)=C(N)C2(C#N)C#N)c(C)c1. The van der Waals surface area contributed by atoms with Gasteiger partial charge in [0.15, 0.2) is 5.41 Å². The Balaban J connectivity index is 2.41. The van der Waals surface area contributed by atoms with Gasteiger partial charge in [0.05, 0.1) is 23.4 Å².